The van der Waals surface area contributed by atoms with Gasteiger partial charge in [-0.2, -0.15) is 5.10 Å². The molecule has 0 saturated carbocycles. The van der Waals surface area contributed by atoms with E-state index in [2.05, 4.69) is 10.00 Å². The van der Waals surface area contributed by atoms with Crippen molar-refractivity contribution >= 4 is 5.78 Å². The van der Waals surface area contributed by atoms with Crippen LogP contribution in [0.3, 0.4) is 0 Å². The molecule has 0 spiro atoms. The predicted octanol–water partition coefficient (Wildman–Crippen LogP) is 2.90. The van der Waals surface area contributed by atoms with Crippen LogP contribution in [0.15, 0.2) is 29.1 Å². The van der Waals surface area contributed by atoms with E-state index >= 15 is 0 Å². The first-order chi connectivity index (χ1) is 14.1. The fourth-order valence-electron chi connectivity index (χ4n) is 4.48. The molecule has 6 nitrogen and oxygen atoms in total. The number of carbonyl (C=O) groups is 1. The van der Waals surface area contributed by atoms with Gasteiger partial charge in [0.1, 0.15) is 11.6 Å². The summed E-state index contributed by atoms with van der Waals surface area (Å²) in [5, 5.41) is 4.55. The Morgan fingerprint density at radius 2 is 1.79 bits per heavy atom. The van der Waals surface area contributed by atoms with E-state index in [1.807, 2.05) is 4.57 Å². The molecule has 2 aliphatic heterocycles. The maximum absolute atomic E-state index is 13.0. The van der Waals surface area contributed by atoms with Gasteiger partial charge in [0.05, 0.1) is 0 Å². The van der Waals surface area contributed by atoms with E-state index in [0.29, 0.717) is 12.1 Å². The van der Waals surface area contributed by atoms with E-state index in [0.717, 1.165) is 70.5 Å². The van der Waals surface area contributed by atoms with Gasteiger partial charge >= 0.3 is 5.69 Å². The number of halogens is 1. The number of Topliss-reactive ketones (excluding diaryl/α,β-unsaturated/α-hetero) is 1. The monoisotopic (exact) mass is 400 g/mol. The number of hydrogen-bond donors (Lipinski definition) is 0. The fourth-order valence-corrected chi connectivity index (χ4v) is 4.48. The Hall–Kier alpha value is -2.28. The van der Waals surface area contributed by atoms with Gasteiger partial charge in [-0.1, -0.05) is 6.42 Å². The summed E-state index contributed by atoms with van der Waals surface area (Å²) in [7, 11) is 0. The lowest BCUT2D eigenvalue weighted by Gasteiger charge is -2.31. The molecule has 1 aromatic heterocycles. The lowest BCUT2D eigenvalue weighted by molar-refractivity contribution is 0.0838. The molecule has 0 aliphatic carbocycles. The molecular weight excluding hydrogens is 371 g/mol. The summed E-state index contributed by atoms with van der Waals surface area (Å²) < 4.78 is 16.5. The summed E-state index contributed by atoms with van der Waals surface area (Å²) in [6, 6.07) is 5.85. The van der Waals surface area contributed by atoms with Crippen molar-refractivity contribution in [3.8, 4) is 0 Å². The number of nitrogens with zero attached hydrogens (tertiary/aromatic N) is 4. The minimum Gasteiger partial charge on any atom is -0.303 e. The minimum atomic E-state index is -0.315. The Balaban J connectivity index is 1.24. The van der Waals surface area contributed by atoms with Crippen molar-refractivity contribution in [1.29, 1.82) is 0 Å². The second-order valence-electron chi connectivity index (χ2n) is 8.22. The van der Waals surface area contributed by atoms with E-state index in [4.69, 9.17) is 0 Å². The molecular formula is C22H29FN4O2. The number of rotatable bonds is 6. The first kappa shape index (κ1) is 20.0. The number of aryl methyl sites for hydroxylation is 2. The number of hydrogen-bond acceptors (Lipinski definition) is 4. The van der Waals surface area contributed by atoms with Crippen LogP contribution in [0.4, 0.5) is 4.39 Å². The van der Waals surface area contributed by atoms with E-state index in [9.17, 15) is 14.0 Å². The van der Waals surface area contributed by atoms with Gasteiger partial charge in [-0.3, -0.25) is 9.36 Å². The highest BCUT2D eigenvalue weighted by Gasteiger charge is 2.25. The number of likely N-dealkylation sites (tertiary alicyclic amines) is 1. The summed E-state index contributed by atoms with van der Waals surface area (Å²) in [5.41, 5.74) is 0.634. The minimum absolute atomic E-state index is 0.0168. The van der Waals surface area contributed by atoms with Crippen LogP contribution >= 0.6 is 0 Å². The summed E-state index contributed by atoms with van der Waals surface area (Å²) in [5.74, 6) is 0.760. The van der Waals surface area contributed by atoms with Crippen LogP contribution in [0.5, 0.6) is 0 Å². The Labute approximate surface area is 170 Å². The molecule has 1 aromatic carbocycles. The highest BCUT2D eigenvalue weighted by Crippen LogP contribution is 2.22. The molecule has 1 fully saturated rings. The number of ketones is 1. The van der Waals surface area contributed by atoms with E-state index in [-0.39, 0.29) is 23.2 Å². The van der Waals surface area contributed by atoms with Crippen LogP contribution in [0.1, 0.15) is 54.7 Å². The second-order valence-corrected chi connectivity index (χ2v) is 8.22. The summed E-state index contributed by atoms with van der Waals surface area (Å²) >= 11 is 0. The number of carbonyl (C=O) groups excluding carboxylic acids is 1. The molecule has 0 radical (unpaired) electrons. The molecule has 2 aromatic rings. The predicted molar refractivity (Wildman–Crippen MR) is 109 cm³/mol. The largest absolute Gasteiger partial charge is 0.345 e. The van der Waals surface area contributed by atoms with Crippen LogP contribution in [0, 0.1) is 11.7 Å². The second kappa shape index (κ2) is 9.03. The molecule has 0 atom stereocenters. The van der Waals surface area contributed by atoms with E-state index in [1.54, 1.807) is 16.8 Å². The summed E-state index contributed by atoms with van der Waals surface area (Å²) in [4.78, 5) is 27.5. The maximum atomic E-state index is 13.0. The lowest BCUT2D eigenvalue weighted by Crippen LogP contribution is -2.37. The van der Waals surface area contributed by atoms with Crippen molar-refractivity contribution in [1.82, 2.24) is 19.2 Å². The summed E-state index contributed by atoms with van der Waals surface area (Å²) in [6.45, 7) is 4.11. The highest BCUT2D eigenvalue weighted by molar-refractivity contribution is 5.97. The third-order valence-electron chi connectivity index (χ3n) is 6.21. The molecule has 0 amide bonds. The number of fused-ring (bicyclic) bond motifs is 1. The zero-order chi connectivity index (χ0) is 20.2. The average Bonchev–Trinajstić information content (AvgIpc) is 2.90. The van der Waals surface area contributed by atoms with Gasteiger partial charge in [-0.25, -0.2) is 13.9 Å². The molecule has 156 valence electrons. The van der Waals surface area contributed by atoms with E-state index in [1.165, 1.54) is 18.6 Å². The van der Waals surface area contributed by atoms with E-state index < -0.39 is 0 Å². The van der Waals surface area contributed by atoms with Gasteiger partial charge in [0.15, 0.2) is 5.78 Å². The van der Waals surface area contributed by atoms with Crippen LogP contribution in [0.2, 0.25) is 0 Å². The average molecular weight is 400 g/mol. The molecule has 4 rings (SSSR count). The van der Waals surface area contributed by atoms with Crippen LogP contribution in [-0.2, 0) is 19.5 Å². The topological polar surface area (TPSA) is 60.1 Å². The number of piperidine rings is 1. The van der Waals surface area contributed by atoms with Gasteiger partial charge in [0, 0.05) is 31.0 Å². The molecule has 3 heterocycles. The first-order valence-electron chi connectivity index (χ1n) is 10.8. The van der Waals surface area contributed by atoms with Crippen LogP contribution < -0.4 is 5.69 Å². The zero-order valence-corrected chi connectivity index (χ0v) is 16.9. The quantitative estimate of drug-likeness (QED) is 0.700. The Morgan fingerprint density at radius 1 is 1.03 bits per heavy atom. The van der Waals surface area contributed by atoms with Crippen molar-refractivity contribution in [2.75, 3.05) is 19.6 Å². The van der Waals surface area contributed by atoms with Crippen molar-refractivity contribution in [2.45, 2.75) is 58.0 Å². The van der Waals surface area contributed by atoms with Crippen molar-refractivity contribution < 1.29 is 9.18 Å². The molecule has 7 heteroatoms. The Morgan fingerprint density at radius 3 is 2.55 bits per heavy atom. The van der Waals surface area contributed by atoms with Crippen molar-refractivity contribution in [2.24, 2.45) is 5.92 Å². The third-order valence-corrected chi connectivity index (χ3v) is 6.21. The normalized spacial score (nSPS) is 18.4. The standard InChI is InChI=1S/C22H29FN4O2/c23-19-8-6-17(7-9-19)21(28)18-10-15-25(16-11-18)12-4-14-27-22(29)26-13-3-1-2-5-20(26)24-27/h6-9,18H,1-5,10-16H2. The first-order valence-corrected chi connectivity index (χ1v) is 10.8. The molecule has 1 saturated heterocycles. The maximum Gasteiger partial charge on any atom is 0.345 e. The number of benzene rings is 1. The van der Waals surface area contributed by atoms with Crippen molar-refractivity contribution in [3.63, 3.8) is 0 Å². The molecule has 29 heavy (non-hydrogen) atoms. The SMILES string of the molecule is O=C(c1ccc(F)cc1)C1CCN(CCCn2nc3n(c2=O)CCCCC3)CC1. The smallest absolute Gasteiger partial charge is 0.303 e. The fraction of sp³-hybridized carbons (Fsp3) is 0.591. The van der Waals surface area contributed by atoms with Gasteiger partial charge in [0.2, 0.25) is 0 Å². The molecule has 0 N–H and O–H groups in total. The van der Waals surface area contributed by atoms with Crippen LogP contribution in [0.25, 0.3) is 0 Å². The Bertz CT molecular complexity index is 895. The lowest BCUT2D eigenvalue weighted by atomic mass is 9.89. The van der Waals surface area contributed by atoms with Gasteiger partial charge in [-0.05, 0) is 76.0 Å². The third kappa shape index (κ3) is 4.66. The van der Waals surface area contributed by atoms with Gasteiger partial charge < -0.3 is 4.90 Å². The number of aromatic nitrogens is 3. The highest BCUT2D eigenvalue weighted by atomic mass is 19.1. The summed E-state index contributed by atoms with van der Waals surface area (Å²) in [6.07, 6.45) is 6.78. The molecule has 0 bridgehead atoms. The Kier molecular flexibility index (Phi) is 6.23. The van der Waals surface area contributed by atoms with Crippen LogP contribution in [-0.4, -0.2) is 44.7 Å². The zero-order valence-electron chi connectivity index (χ0n) is 16.9. The molecule has 2 aliphatic rings. The van der Waals surface area contributed by atoms with Crippen molar-refractivity contribution in [3.05, 3.63) is 52.0 Å². The molecule has 0 unspecified atom stereocenters. The van der Waals surface area contributed by atoms with Gasteiger partial charge in [-0.15, -0.1) is 0 Å². The van der Waals surface area contributed by atoms with Gasteiger partial charge in [0.25, 0.3) is 0 Å².